The molecule has 0 bridgehead atoms. The van der Waals surface area contributed by atoms with E-state index < -0.39 is 0 Å². The number of thiazole rings is 1. The Morgan fingerprint density at radius 2 is 2.16 bits per heavy atom. The van der Waals surface area contributed by atoms with Crippen molar-refractivity contribution in [2.24, 2.45) is 0 Å². The zero-order valence-electron chi connectivity index (χ0n) is 13.6. The molecule has 126 valence electrons. The molecule has 1 aliphatic heterocycles. The van der Waals surface area contributed by atoms with Gasteiger partial charge in [-0.05, 0) is 43.0 Å². The van der Waals surface area contributed by atoms with Gasteiger partial charge in [-0.3, -0.25) is 4.90 Å². The summed E-state index contributed by atoms with van der Waals surface area (Å²) in [5.74, 6) is 0.862. The van der Waals surface area contributed by atoms with Gasteiger partial charge in [0.15, 0.2) is 5.76 Å². The summed E-state index contributed by atoms with van der Waals surface area (Å²) in [6, 6.07) is 14.9. The fourth-order valence-electron chi connectivity index (χ4n) is 3.46. The van der Waals surface area contributed by atoms with Crippen molar-refractivity contribution < 1.29 is 4.52 Å². The van der Waals surface area contributed by atoms with Crippen LogP contribution in [-0.4, -0.2) is 21.6 Å². The predicted molar refractivity (Wildman–Crippen MR) is 102 cm³/mol. The molecular weight excluding hydrogens is 350 g/mol. The SMILES string of the molecule is c1csc(-c2cc(CN3CCC[C@H]3c3nc4ccccc4s3)no2)c1. The zero-order valence-corrected chi connectivity index (χ0v) is 15.2. The molecule has 5 rings (SSSR count). The van der Waals surface area contributed by atoms with E-state index in [9.17, 15) is 0 Å². The van der Waals surface area contributed by atoms with Gasteiger partial charge in [0, 0.05) is 12.6 Å². The van der Waals surface area contributed by atoms with Crippen molar-refractivity contribution in [1.29, 1.82) is 0 Å². The first-order valence-electron chi connectivity index (χ1n) is 8.46. The molecule has 1 aliphatic rings. The van der Waals surface area contributed by atoms with Crippen LogP contribution < -0.4 is 0 Å². The van der Waals surface area contributed by atoms with Crippen molar-refractivity contribution >= 4 is 32.9 Å². The van der Waals surface area contributed by atoms with Crippen LogP contribution in [-0.2, 0) is 6.54 Å². The number of hydrogen-bond donors (Lipinski definition) is 0. The van der Waals surface area contributed by atoms with E-state index in [1.54, 1.807) is 11.3 Å². The van der Waals surface area contributed by atoms with Gasteiger partial charge in [0.1, 0.15) is 5.01 Å². The second-order valence-electron chi connectivity index (χ2n) is 6.31. The van der Waals surface area contributed by atoms with Crippen LogP contribution in [0.15, 0.2) is 52.4 Å². The smallest absolute Gasteiger partial charge is 0.177 e. The highest BCUT2D eigenvalue weighted by molar-refractivity contribution is 7.18. The van der Waals surface area contributed by atoms with Crippen LogP contribution >= 0.6 is 22.7 Å². The molecule has 0 radical (unpaired) electrons. The minimum Gasteiger partial charge on any atom is -0.355 e. The molecule has 4 nitrogen and oxygen atoms in total. The first kappa shape index (κ1) is 15.3. The number of hydrogen-bond acceptors (Lipinski definition) is 6. The van der Waals surface area contributed by atoms with E-state index in [0.717, 1.165) is 41.4 Å². The Labute approximate surface area is 153 Å². The molecular formula is C19H17N3OS2. The quantitative estimate of drug-likeness (QED) is 0.488. The Morgan fingerprint density at radius 1 is 1.20 bits per heavy atom. The largest absolute Gasteiger partial charge is 0.355 e. The predicted octanol–water partition coefficient (Wildman–Crippen LogP) is 5.35. The third kappa shape index (κ3) is 2.90. The molecule has 25 heavy (non-hydrogen) atoms. The molecule has 1 aromatic carbocycles. The first-order valence-corrected chi connectivity index (χ1v) is 10.2. The van der Waals surface area contributed by atoms with Crippen molar-refractivity contribution in [2.75, 3.05) is 6.54 Å². The molecule has 6 heteroatoms. The lowest BCUT2D eigenvalue weighted by Crippen LogP contribution is -2.22. The maximum absolute atomic E-state index is 5.53. The molecule has 0 aliphatic carbocycles. The Kier molecular flexibility index (Phi) is 3.88. The molecule has 0 amide bonds. The number of nitrogens with zero attached hydrogens (tertiary/aromatic N) is 3. The number of likely N-dealkylation sites (tertiary alicyclic amines) is 1. The third-order valence-corrected chi connectivity index (χ3v) is 6.67. The molecule has 0 spiro atoms. The minimum absolute atomic E-state index is 0.388. The summed E-state index contributed by atoms with van der Waals surface area (Å²) in [7, 11) is 0. The van der Waals surface area contributed by atoms with Crippen LogP contribution in [0.3, 0.4) is 0 Å². The van der Waals surface area contributed by atoms with E-state index in [1.807, 2.05) is 17.4 Å². The molecule has 0 saturated carbocycles. The number of benzene rings is 1. The van der Waals surface area contributed by atoms with E-state index in [-0.39, 0.29) is 0 Å². The Bertz CT molecular complexity index is 956. The summed E-state index contributed by atoms with van der Waals surface area (Å²) in [5, 5.41) is 7.56. The summed E-state index contributed by atoms with van der Waals surface area (Å²) in [6.45, 7) is 1.90. The van der Waals surface area contributed by atoms with E-state index >= 15 is 0 Å². The van der Waals surface area contributed by atoms with Gasteiger partial charge < -0.3 is 4.52 Å². The number of para-hydroxylation sites is 1. The van der Waals surface area contributed by atoms with Crippen LogP contribution in [0.2, 0.25) is 0 Å². The lowest BCUT2D eigenvalue weighted by Gasteiger charge is -2.21. The summed E-state index contributed by atoms with van der Waals surface area (Å²) in [6.07, 6.45) is 2.37. The van der Waals surface area contributed by atoms with Gasteiger partial charge >= 0.3 is 0 Å². The fraction of sp³-hybridized carbons (Fsp3) is 0.263. The fourth-order valence-corrected chi connectivity index (χ4v) is 5.27. The Morgan fingerprint density at radius 3 is 3.04 bits per heavy atom. The average Bonchev–Trinajstić information content (AvgIpc) is 3.41. The average molecular weight is 367 g/mol. The molecule has 3 aromatic heterocycles. The molecule has 1 saturated heterocycles. The summed E-state index contributed by atoms with van der Waals surface area (Å²) in [5.41, 5.74) is 2.10. The van der Waals surface area contributed by atoms with Crippen molar-refractivity contribution in [3.8, 4) is 10.6 Å². The second kappa shape index (κ2) is 6.37. The molecule has 4 heterocycles. The highest BCUT2D eigenvalue weighted by Crippen LogP contribution is 2.37. The van der Waals surface area contributed by atoms with Gasteiger partial charge in [0.05, 0.1) is 26.8 Å². The van der Waals surface area contributed by atoms with E-state index in [4.69, 9.17) is 9.51 Å². The first-order chi connectivity index (χ1) is 12.4. The molecule has 1 atom stereocenters. The molecule has 0 N–H and O–H groups in total. The van der Waals surface area contributed by atoms with Gasteiger partial charge in [0.25, 0.3) is 0 Å². The number of thiophene rings is 1. The Hall–Kier alpha value is -2.02. The zero-order chi connectivity index (χ0) is 16.6. The van der Waals surface area contributed by atoms with Crippen molar-refractivity contribution in [1.82, 2.24) is 15.0 Å². The normalized spacial score (nSPS) is 18.3. The van der Waals surface area contributed by atoms with Gasteiger partial charge in [0.2, 0.25) is 0 Å². The maximum Gasteiger partial charge on any atom is 0.177 e. The Balaban J connectivity index is 1.38. The van der Waals surface area contributed by atoms with Gasteiger partial charge in [-0.25, -0.2) is 4.98 Å². The third-order valence-electron chi connectivity index (χ3n) is 4.65. The van der Waals surface area contributed by atoms with Gasteiger partial charge in [-0.15, -0.1) is 22.7 Å². The number of aromatic nitrogens is 2. The lowest BCUT2D eigenvalue weighted by molar-refractivity contribution is 0.240. The maximum atomic E-state index is 5.53. The number of fused-ring (bicyclic) bond motifs is 1. The van der Waals surface area contributed by atoms with Crippen molar-refractivity contribution in [3.63, 3.8) is 0 Å². The summed E-state index contributed by atoms with van der Waals surface area (Å²) in [4.78, 5) is 8.47. The molecule has 4 aromatic rings. The van der Waals surface area contributed by atoms with Crippen LogP contribution in [0, 0.1) is 0 Å². The monoisotopic (exact) mass is 367 g/mol. The second-order valence-corrected chi connectivity index (χ2v) is 8.32. The topological polar surface area (TPSA) is 42.2 Å². The van der Waals surface area contributed by atoms with E-state index in [0.29, 0.717) is 6.04 Å². The number of rotatable bonds is 4. The van der Waals surface area contributed by atoms with E-state index in [2.05, 4.69) is 51.8 Å². The van der Waals surface area contributed by atoms with E-state index in [1.165, 1.54) is 16.1 Å². The van der Waals surface area contributed by atoms with Crippen LogP contribution in [0.1, 0.15) is 29.6 Å². The van der Waals surface area contributed by atoms with Crippen LogP contribution in [0.5, 0.6) is 0 Å². The van der Waals surface area contributed by atoms with Crippen LogP contribution in [0.25, 0.3) is 20.9 Å². The highest BCUT2D eigenvalue weighted by atomic mass is 32.1. The molecule has 0 unspecified atom stereocenters. The lowest BCUT2D eigenvalue weighted by atomic mass is 10.2. The summed E-state index contributed by atoms with van der Waals surface area (Å²) >= 11 is 3.49. The summed E-state index contributed by atoms with van der Waals surface area (Å²) < 4.78 is 6.80. The van der Waals surface area contributed by atoms with Crippen LogP contribution in [0.4, 0.5) is 0 Å². The standard InChI is InChI=1S/C19H17N3OS2/c1-2-7-17-14(5-1)20-19(25-17)15-6-3-9-22(15)12-13-11-16(23-21-13)18-8-4-10-24-18/h1-2,4-5,7-8,10-11,15H,3,6,9,12H2/t15-/m0/s1. The minimum atomic E-state index is 0.388. The van der Waals surface area contributed by atoms with Gasteiger partial charge in [-0.2, -0.15) is 0 Å². The molecule has 1 fully saturated rings. The van der Waals surface area contributed by atoms with Crippen molar-refractivity contribution in [2.45, 2.75) is 25.4 Å². The van der Waals surface area contributed by atoms with Crippen molar-refractivity contribution in [3.05, 3.63) is 58.5 Å². The highest BCUT2D eigenvalue weighted by Gasteiger charge is 2.29. The van der Waals surface area contributed by atoms with Gasteiger partial charge in [-0.1, -0.05) is 23.4 Å².